The molecule has 1 aromatic carbocycles. The largest absolute Gasteiger partial charge is 0.481 e. The minimum Gasteiger partial charge on any atom is -0.481 e. The summed E-state index contributed by atoms with van der Waals surface area (Å²) in [5.74, 6) is -0.516. The van der Waals surface area contributed by atoms with E-state index in [2.05, 4.69) is 0 Å². The van der Waals surface area contributed by atoms with Crippen LogP contribution >= 0.6 is 0 Å². The van der Waals surface area contributed by atoms with Gasteiger partial charge in [0.15, 0.2) is 0 Å². The quantitative estimate of drug-likeness (QED) is 0.877. The van der Waals surface area contributed by atoms with Crippen LogP contribution in [0.25, 0.3) is 0 Å². The molecular weight excluding hydrogens is 258 g/mol. The lowest BCUT2D eigenvalue weighted by Gasteiger charge is -2.21. The van der Waals surface area contributed by atoms with Crippen LogP contribution in [0.3, 0.4) is 0 Å². The van der Waals surface area contributed by atoms with Crippen molar-refractivity contribution in [2.45, 2.75) is 13.0 Å². The Morgan fingerprint density at radius 2 is 1.85 bits per heavy atom. The molecule has 0 radical (unpaired) electrons. The Bertz CT molecular complexity index is 563. The SMILES string of the molecule is O=C(O)CCN(Cc1ccco1)C(=O)c1ccccc1. The van der Waals surface area contributed by atoms with Gasteiger partial charge in [-0.1, -0.05) is 18.2 Å². The number of rotatable bonds is 6. The number of aliphatic carboxylic acids is 1. The molecule has 0 aliphatic rings. The van der Waals surface area contributed by atoms with Gasteiger partial charge in [-0.25, -0.2) is 0 Å². The third-order valence-corrected chi connectivity index (χ3v) is 2.83. The molecule has 2 aromatic rings. The number of hydrogen-bond donors (Lipinski definition) is 1. The molecule has 2 rings (SSSR count). The Kier molecular flexibility index (Phi) is 4.55. The lowest BCUT2D eigenvalue weighted by Crippen LogP contribution is -2.32. The Hall–Kier alpha value is -2.56. The lowest BCUT2D eigenvalue weighted by atomic mass is 10.2. The Morgan fingerprint density at radius 3 is 2.45 bits per heavy atom. The van der Waals surface area contributed by atoms with Crippen LogP contribution < -0.4 is 0 Å². The van der Waals surface area contributed by atoms with Gasteiger partial charge in [-0.2, -0.15) is 0 Å². The summed E-state index contributed by atoms with van der Waals surface area (Å²) in [7, 11) is 0. The number of benzene rings is 1. The summed E-state index contributed by atoms with van der Waals surface area (Å²) in [6, 6.07) is 12.3. The number of furan rings is 1. The van der Waals surface area contributed by atoms with E-state index in [1.54, 1.807) is 36.4 Å². The molecule has 0 bridgehead atoms. The van der Waals surface area contributed by atoms with Crippen molar-refractivity contribution < 1.29 is 19.1 Å². The summed E-state index contributed by atoms with van der Waals surface area (Å²) in [4.78, 5) is 24.6. The van der Waals surface area contributed by atoms with Crippen molar-refractivity contribution in [1.29, 1.82) is 0 Å². The van der Waals surface area contributed by atoms with E-state index in [9.17, 15) is 9.59 Å². The maximum Gasteiger partial charge on any atom is 0.305 e. The highest BCUT2D eigenvalue weighted by Crippen LogP contribution is 2.11. The van der Waals surface area contributed by atoms with Gasteiger partial charge in [0, 0.05) is 12.1 Å². The van der Waals surface area contributed by atoms with Gasteiger partial charge in [0.2, 0.25) is 0 Å². The summed E-state index contributed by atoms with van der Waals surface area (Å²) >= 11 is 0. The molecule has 104 valence electrons. The molecule has 5 nitrogen and oxygen atoms in total. The molecule has 0 aliphatic carbocycles. The van der Waals surface area contributed by atoms with Crippen molar-refractivity contribution >= 4 is 11.9 Å². The Morgan fingerprint density at radius 1 is 1.10 bits per heavy atom. The van der Waals surface area contributed by atoms with Crippen molar-refractivity contribution in [3.63, 3.8) is 0 Å². The van der Waals surface area contributed by atoms with Crippen LogP contribution in [0.2, 0.25) is 0 Å². The zero-order valence-corrected chi connectivity index (χ0v) is 10.9. The monoisotopic (exact) mass is 273 g/mol. The number of carbonyl (C=O) groups is 2. The fraction of sp³-hybridized carbons (Fsp3) is 0.200. The average molecular weight is 273 g/mol. The van der Waals surface area contributed by atoms with Gasteiger partial charge in [-0.15, -0.1) is 0 Å². The van der Waals surface area contributed by atoms with E-state index in [1.807, 2.05) is 6.07 Å². The third kappa shape index (κ3) is 3.71. The molecule has 0 saturated carbocycles. The van der Waals surface area contributed by atoms with Crippen molar-refractivity contribution in [3.8, 4) is 0 Å². The fourth-order valence-corrected chi connectivity index (χ4v) is 1.84. The molecule has 0 unspecified atom stereocenters. The van der Waals surface area contributed by atoms with E-state index in [-0.39, 0.29) is 25.4 Å². The number of carboxylic acids is 1. The summed E-state index contributed by atoms with van der Waals surface area (Å²) in [6.45, 7) is 0.401. The predicted octanol–water partition coefficient (Wildman–Crippen LogP) is 2.40. The highest BCUT2D eigenvalue weighted by atomic mass is 16.4. The Labute approximate surface area is 116 Å². The Balaban J connectivity index is 2.12. The molecule has 20 heavy (non-hydrogen) atoms. The van der Waals surface area contributed by atoms with E-state index in [0.717, 1.165) is 0 Å². The molecular formula is C15H15NO4. The second-order valence-electron chi connectivity index (χ2n) is 4.32. The van der Waals surface area contributed by atoms with Gasteiger partial charge in [-0.05, 0) is 24.3 Å². The predicted molar refractivity (Wildman–Crippen MR) is 72.1 cm³/mol. The van der Waals surface area contributed by atoms with Gasteiger partial charge < -0.3 is 14.4 Å². The first-order valence-corrected chi connectivity index (χ1v) is 6.25. The van der Waals surface area contributed by atoms with Crippen LogP contribution in [-0.2, 0) is 11.3 Å². The number of carbonyl (C=O) groups excluding carboxylic acids is 1. The molecule has 0 fully saturated rings. The molecule has 1 heterocycles. The van der Waals surface area contributed by atoms with E-state index < -0.39 is 5.97 Å². The second-order valence-corrected chi connectivity index (χ2v) is 4.32. The summed E-state index contributed by atoms with van der Waals surface area (Å²) < 4.78 is 5.22. The molecule has 1 aromatic heterocycles. The van der Waals surface area contributed by atoms with Crippen LogP contribution in [0, 0.1) is 0 Å². The topological polar surface area (TPSA) is 70.8 Å². The summed E-state index contributed by atoms with van der Waals surface area (Å²) in [5, 5.41) is 8.78. The fourth-order valence-electron chi connectivity index (χ4n) is 1.84. The van der Waals surface area contributed by atoms with Crippen molar-refractivity contribution in [3.05, 3.63) is 60.1 Å². The van der Waals surface area contributed by atoms with E-state index in [1.165, 1.54) is 11.2 Å². The highest BCUT2D eigenvalue weighted by molar-refractivity contribution is 5.94. The summed E-state index contributed by atoms with van der Waals surface area (Å²) in [5.41, 5.74) is 0.532. The maximum absolute atomic E-state index is 12.4. The number of carboxylic acid groups (broad SMARTS) is 1. The molecule has 0 atom stereocenters. The van der Waals surface area contributed by atoms with E-state index in [0.29, 0.717) is 11.3 Å². The average Bonchev–Trinajstić information content (AvgIpc) is 2.96. The smallest absolute Gasteiger partial charge is 0.305 e. The standard InChI is InChI=1S/C15H15NO4/c17-14(18)8-9-16(11-13-7-4-10-20-13)15(19)12-5-2-1-3-6-12/h1-7,10H,8-9,11H2,(H,17,18). The first-order valence-electron chi connectivity index (χ1n) is 6.25. The minimum atomic E-state index is -0.935. The third-order valence-electron chi connectivity index (χ3n) is 2.83. The number of nitrogens with zero attached hydrogens (tertiary/aromatic N) is 1. The molecule has 1 amide bonds. The zero-order valence-electron chi connectivity index (χ0n) is 10.9. The van der Waals surface area contributed by atoms with Crippen LogP contribution in [0.4, 0.5) is 0 Å². The maximum atomic E-state index is 12.4. The molecule has 0 aliphatic heterocycles. The minimum absolute atomic E-state index is 0.0979. The first kappa shape index (κ1) is 13.9. The molecule has 0 saturated heterocycles. The van der Waals surface area contributed by atoms with Crippen LogP contribution in [0.15, 0.2) is 53.1 Å². The van der Waals surface area contributed by atoms with Crippen molar-refractivity contribution in [1.82, 2.24) is 4.90 Å². The molecule has 1 N–H and O–H groups in total. The van der Waals surface area contributed by atoms with Gasteiger partial charge in [-0.3, -0.25) is 9.59 Å². The van der Waals surface area contributed by atoms with Gasteiger partial charge in [0.25, 0.3) is 5.91 Å². The van der Waals surface area contributed by atoms with Crippen LogP contribution in [0.1, 0.15) is 22.5 Å². The van der Waals surface area contributed by atoms with Gasteiger partial charge in [0.1, 0.15) is 5.76 Å². The summed E-state index contributed by atoms with van der Waals surface area (Å²) in [6.07, 6.45) is 1.43. The molecule has 5 heteroatoms. The normalized spacial score (nSPS) is 10.2. The number of amides is 1. The number of hydrogen-bond acceptors (Lipinski definition) is 3. The first-order chi connectivity index (χ1) is 9.66. The van der Waals surface area contributed by atoms with Crippen molar-refractivity contribution in [2.24, 2.45) is 0 Å². The van der Waals surface area contributed by atoms with E-state index >= 15 is 0 Å². The van der Waals surface area contributed by atoms with Gasteiger partial charge in [0.05, 0.1) is 19.2 Å². The van der Waals surface area contributed by atoms with Crippen LogP contribution in [-0.4, -0.2) is 28.4 Å². The zero-order chi connectivity index (χ0) is 14.4. The lowest BCUT2D eigenvalue weighted by molar-refractivity contribution is -0.137. The van der Waals surface area contributed by atoms with Gasteiger partial charge >= 0.3 is 5.97 Å². The molecule has 0 spiro atoms. The van der Waals surface area contributed by atoms with Crippen LogP contribution in [0.5, 0.6) is 0 Å². The highest BCUT2D eigenvalue weighted by Gasteiger charge is 2.17. The van der Waals surface area contributed by atoms with Crippen molar-refractivity contribution in [2.75, 3.05) is 6.54 Å². The second kappa shape index (κ2) is 6.56. The van der Waals surface area contributed by atoms with E-state index in [4.69, 9.17) is 9.52 Å².